The molecule has 2 aromatic rings. The summed E-state index contributed by atoms with van der Waals surface area (Å²) in [7, 11) is 0. The van der Waals surface area contributed by atoms with Gasteiger partial charge in [0.05, 0.1) is 5.56 Å². The molecule has 2 rings (SSSR count). The number of carbonyl (C=O) groups is 1. The molecular formula is C16H18N2O. The SMILES string of the molecule is CCCc1ccc(NC(=O)c2ccc(C)nc2)cc1. The zero-order valence-electron chi connectivity index (χ0n) is 11.3. The van der Waals surface area contributed by atoms with Crippen LogP contribution in [0.15, 0.2) is 42.6 Å². The summed E-state index contributed by atoms with van der Waals surface area (Å²) in [4.78, 5) is 16.1. The zero-order chi connectivity index (χ0) is 13.7. The monoisotopic (exact) mass is 254 g/mol. The van der Waals surface area contributed by atoms with Gasteiger partial charge in [-0.25, -0.2) is 0 Å². The molecule has 0 unspecified atom stereocenters. The summed E-state index contributed by atoms with van der Waals surface area (Å²) >= 11 is 0. The third-order valence-corrected chi connectivity index (χ3v) is 2.92. The highest BCUT2D eigenvalue weighted by atomic mass is 16.1. The molecule has 1 amide bonds. The van der Waals surface area contributed by atoms with E-state index in [1.165, 1.54) is 5.56 Å². The van der Waals surface area contributed by atoms with Crippen LogP contribution < -0.4 is 5.32 Å². The predicted octanol–water partition coefficient (Wildman–Crippen LogP) is 3.59. The average molecular weight is 254 g/mol. The van der Waals surface area contributed by atoms with Crippen LogP contribution in [0, 0.1) is 6.92 Å². The van der Waals surface area contributed by atoms with Gasteiger partial charge in [-0.15, -0.1) is 0 Å². The lowest BCUT2D eigenvalue weighted by molar-refractivity contribution is 0.102. The molecule has 0 radical (unpaired) electrons. The Labute approximate surface area is 113 Å². The van der Waals surface area contributed by atoms with Gasteiger partial charge < -0.3 is 5.32 Å². The van der Waals surface area contributed by atoms with E-state index in [9.17, 15) is 4.79 Å². The molecule has 3 heteroatoms. The fourth-order valence-electron chi connectivity index (χ4n) is 1.85. The molecule has 0 spiro atoms. The van der Waals surface area contributed by atoms with Crippen molar-refractivity contribution in [1.29, 1.82) is 0 Å². The molecule has 98 valence electrons. The third-order valence-electron chi connectivity index (χ3n) is 2.92. The minimum absolute atomic E-state index is 0.129. The fraction of sp³-hybridized carbons (Fsp3) is 0.250. The summed E-state index contributed by atoms with van der Waals surface area (Å²) in [5.74, 6) is -0.129. The number of rotatable bonds is 4. The second-order valence-corrected chi connectivity index (χ2v) is 4.59. The lowest BCUT2D eigenvalue weighted by Gasteiger charge is -2.06. The maximum Gasteiger partial charge on any atom is 0.257 e. The van der Waals surface area contributed by atoms with Gasteiger partial charge in [0.1, 0.15) is 0 Å². The van der Waals surface area contributed by atoms with Crippen LogP contribution in [0.4, 0.5) is 5.69 Å². The van der Waals surface area contributed by atoms with Crippen LogP contribution >= 0.6 is 0 Å². The van der Waals surface area contributed by atoms with Gasteiger partial charge in [0.25, 0.3) is 5.91 Å². The van der Waals surface area contributed by atoms with E-state index in [0.29, 0.717) is 5.56 Å². The van der Waals surface area contributed by atoms with Crippen molar-refractivity contribution < 1.29 is 4.79 Å². The van der Waals surface area contributed by atoms with E-state index in [1.54, 1.807) is 12.3 Å². The summed E-state index contributed by atoms with van der Waals surface area (Å²) in [5.41, 5.74) is 3.58. The third kappa shape index (κ3) is 3.65. The Balaban J connectivity index is 2.04. The number of hydrogen-bond donors (Lipinski definition) is 1. The zero-order valence-corrected chi connectivity index (χ0v) is 11.3. The first-order valence-electron chi connectivity index (χ1n) is 6.52. The summed E-state index contributed by atoms with van der Waals surface area (Å²) in [5, 5.41) is 2.87. The number of carbonyl (C=O) groups excluding carboxylic acids is 1. The Hall–Kier alpha value is -2.16. The van der Waals surface area contributed by atoms with Gasteiger partial charge in [-0.2, -0.15) is 0 Å². The molecule has 0 fully saturated rings. The van der Waals surface area contributed by atoms with Crippen molar-refractivity contribution in [1.82, 2.24) is 4.98 Å². The Morgan fingerprint density at radius 1 is 1.16 bits per heavy atom. The van der Waals surface area contributed by atoms with Crippen molar-refractivity contribution in [2.75, 3.05) is 5.32 Å². The van der Waals surface area contributed by atoms with Crippen LogP contribution in [0.2, 0.25) is 0 Å². The number of benzene rings is 1. The molecule has 0 aliphatic carbocycles. The number of anilines is 1. The van der Waals surface area contributed by atoms with Crippen molar-refractivity contribution in [3.8, 4) is 0 Å². The summed E-state index contributed by atoms with van der Waals surface area (Å²) < 4.78 is 0. The molecule has 0 aliphatic rings. The average Bonchev–Trinajstić information content (AvgIpc) is 2.42. The molecule has 1 heterocycles. The van der Waals surface area contributed by atoms with Crippen molar-refractivity contribution in [2.45, 2.75) is 26.7 Å². The topological polar surface area (TPSA) is 42.0 Å². The highest BCUT2D eigenvalue weighted by molar-refractivity contribution is 6.04. The van der Waals surface area contributed by atoms with Gasteiger partial charge in [-0.3, -0.25) is 9.78 Å². The molecular weight excluding hydrogens is 236 g/mol. The first-order valence-corrected chi connectivity index (χ1v) is 6.52. The molecule has 1 N–H and O–H groups in total. The highest BCUT2D eigenvalue weighted by Gasteiger charge is 2.05. The highest BCUT2D eigenvalue weighted by Crippen LogP contribution is 2.12. The van der Waals surface area contributed by atoms with Crippen LogP contribution in [-0.2, 0) is 6.42 Å². The first kappa shape index (κ1) is 13.3. The Bertz CT molecular complexity index is 544. The summed E-state index contributed by atoms with van der Waals surface area (Å²) in [6.07, 6.45) is 3.78. The smallest absolute Gasteiger partial charge is 0.257 e. The van der Waals surface area contributed by atoms with E-state index in [2.05, 4.69) is 17.2 Å². The maximum absolute atomic E-state index is 12.0. The standard InChI is InChI=1S/C16H18N2O/c1-3-4-13-6-9-15(10-7-13)18-16(19)14-8-5-12(2)17-11-14/h5-11H,3-4H2,1-2H3,(H,18,19). The number of pyridine rings is 1. The fourth-order valence-corrected chi connectivity index (χ4v) is 1.85. The Kier molecular flexibility index (Phi) is 4.29. The summed E-state index contributed by atoms with van der Waals surface area (Å²) in [6, 6.07) is 11.6. The van der Waals surface area contributed by atoms with Crippen molar-refractivity contribution in [2.24, 2.45) is 0 Å². The number of nitrogens with zero attached hydrogens (tertiary/aromatic N) is 1. The first-order chi connectivity index (χ1) is 9.19. The van der Waals surface area contributed by atoms with Crippen molar-refractivity contribution >= 4 is 11.6 Å². The molecule has 1 aromatic heterocycles. The number of aromatic nitrogens is 1. The van der Waals surface area contributed by atoms with Crippen molar-refractivity contribution in [3.63, 3.8) is 0 Å². The van der Waals surface area contributed by atoms with Gasteiger partial charge in [0, 0.05) is 17.6 Å². The molecule has 0 atom stereocenters. The van der Waals surface area contributed by atoms with E-state index < -0.39 is 0 Å². The molecule has 0 aliphatic heterocycles. The Morgan fingerprint density at radius 2 is 1.89 bits per heavy atom. The molecule has 0 bridgehead atoms. The van der Waals surface area contributed by atoms with Crippen LogP contribution in [-0.4, -0.2) is 10.9 Å². The van der Waals surface area contributed by atoms with Gasteiger partial charge in [0.15, 0.2) is 0 Å². The van der Waals surface area contributed by atoms with Crippen LogP contribution in [0.3, 0.4) is 0 Å². The largest absolute Gasteiger partial charge is 0.322 e. The number of amides is 1. The molecule has 0 saturated carbocycles. The van der Waals surface area contributed by atoms with E-state index in [-0.39, 0.29) is 5.91 Å². The Morgan fingerprint density at radius 3 is 2.47 bits per heavy atom. The molecule has 0 saturated heterocycles. The van der Waals surface area contributed by atoms with E-state index in [4.69, 9.17) is 0 Å². The number of nitrogens with one attached hydrogen (secondary N) is 1. The minimum Gasteiger partial charge on any atom is -0.322 e. The second kappa shape index (κ2) is 6.14. The summed E-state index contributed by atoms with van der Waals surface area (Å²) in [6.45, 7) is 4.05. The van der Waals surface area contributed by atoms with Gasteiger partial charge in [-0.1, -0.05) is 25.5 Å². The van der Waals surface area contributed by atoms with Gasteiger partial charge in [0.2, 0.25) is 0 Å². The van der Waals surface area contributed by atoms with Gasteiger partial charge in [-0.05, 0) is 43.2 Å². The predicted molar refractivity (Wildman–Crippen MR) is 77.4 cm³/mol. The van der Waals surface area contributed by atoms with Crippen molar-refractivity contribution in [3.05, 3.63) is 59.4 Å². The van der Waals surface area contributed by atoms with Crippen LogP contribution in [0.25, 0.3) is 0 Å². The minimum atomic E-state index is -0.129. The van der Waals surface area contributed by atoms with Crippen LogP contribution in [0.1, 0.15) is 35.0 Å². The normalized spacial score (nSPS) is 10.2. The molecule has 3 nitrogen and oxygen atoms in total. The lowest BCUT2D eigenvalue weighted by Crippen LogP contribution is -2.12. The number of hydrogen-bond acceptors (Lipinski definition) is 2. The van der Waals surface area contributed by atoms with E-state index in [1.807, 2.05) is 37.3 Å². The molecule has 19 heavy (non-hydrogen) atoms. The van der Waals surface area contributed by atoms with E-state index in [0.717, 1.165) is 24.2 Å². The molecule has 1 aromatic carbocycles. The second-order valence-electron chi connectivity index (χ2n) is 4.59. The van der Waals surface area contributed by atoms with Gasteiger partial charge >= 0.3 is 0 Å². The van der Waals surface area contributed by atoms with Crippen LogP contribution in [0.5, 0.6) is 0 Å². The quantitative estimate of drug-likeness (QED) is 0.905. The number of aryl methyl sites for hydroxylation is 2. The van der Waals surface area contributed by atoms with E-state index >= 15 is 0 Å². The lowest BCUT2D eigenvalue weighted by atomic mass is 10.1. The maximum atomic E-state index is 12.0.